The molecular formula is C34H31BrN6O4. The molecule has 10 nitrogen and oxygen atoms in total. The smallest absolute Gasteiger partial charge is 0.177 e. The largest absolute Gasteiger partial charge is 0.382 e. The molecule has 0 radical (unpaired) electrons. The van der Waals surface area contributed by atoms with E-state index >= 15 is 0 Å². The van der Waals surface area contributed by atoms with Gasteiger partial charge in [-0.05, 0) is 98.1 Å². The van der Waals surface area contributed by atoms with E-state index in [1.807, 2.05) is 64.1 Å². The molecule has 11 heteroatoms. The van der Waals surface area contributed by atoms with Crippen LogP contribution in [0.3, 0.4) is 0 Å². The SMILES string of the molecule is C#CCO/N=C(\C)c1cccc(C)n1.C/C(=N\OCC#Cc1cccc(C=O)n1)c1cccc(C)n1.O=Cc1cccc(Br)n1. The molecule has 0 amide bonds. The fourth-order valence-corrected chi connectivity index (χ4v) is 3.47. The van der Waals surface area contributed by atoms with Crippen molar-refractivity contribution in [3.8, 4) is 24.2 Å². The minimum absolute atomic E-state index is 0.135. The standard InChI is InChI=1S/C17H15N3O2.C11H12N2O.C6H4BrNO/c1-13-6-3-10-17(18-13)14(2)20-22-11-5-9-15-7-4-8-16(12-21)19-15;1-4-8-14-13-10(3)11-7-5-6-9(2)12-11;7-6-3-1-2-5(4-9)8-6/h3-4,6-8,10,12H,11H2,1-2H3;1,5-7H,8H2,2-3H3;1-4H/b20-14+;13-10+;. The van der Waals surface area contributed by atoms with E-state index in [-0.39, 0.29) is 13.2 Å². The van der Waals surface area contributed by atoms with Crippen molar-refractivity contribution in [3.05, 3.63) is 117 Å². The van der Waals surface area contributed by atoms with Gasteiger partial charge in [0.25, 0.3) is 0 Å². The zero-order chi connectivity index (χ0) is 32.9. The summed E-state index contributed by atoms with van der Waals surface area (Å²) in [6.07, 6.45) is 6.42. The summed E-state index contributed by atoms with van der Waals surface area (Å²) in [5.41, 5.74) is 6.19. The van der Waals surface area contributed by atoms with E-state index in [4.69, 9.17) is 16.1 Å². The van der Waals surface area contributed by atoms with Crippen LogP contribution in [0.15, 0.2) is 87.7 Å². The van der Waals surface area contributed by atoms with E-state index in [0.717, 1.165) is 28.5 Å². The lowest BCUT2D eigenvalue weighted by atomic mass is 10.2. The second-order valence-electron chi connectivity index (χ2n) is 8.80. The van der Waals surface area contributed by atoms with E-state index < -0.39 is 0 Å². The normalized spacial score (nSPS) is 10.3. The van der Waals surface area contributed by atoms with Gasteiger partial charge in [-0.1, -0.05) is 46.4 Å². The third kappa shape index (κ3) is 14.5. The first-order valence-corrected chi connectivity index (χ1v) is 14.2. The van der Waals surface area contributed by atoms with E-state index in [1.54, 1.807) is 36.4 Å². The molecule has 0 saturated carbocycles. The van der Waals surface area contributed by atoms with Crippen molar-refractivity contribution in [3.63, 3.8) is 0 Å². The topological polar surface area (TPSA) is 129 Å². The van der Waals surface area contributed by atoms with Crippen molar-refractivity contribution in [2.45, 2.75) is 27.7 Å². The van der Waals surface area contributed by atoms with Crippen molar-refractivity contribution in [2.75, 3.05) is 13.2 Å². The Morgan fingerprint density at radius 2 is 1.27 bits per heavy atom. The second kappa shape index (κ2) is 20.4. The van der Waals surface area contributed by atoms with Gasteiger partial charge in [0.15, 0.2) is 25.8 Å². The van der Waals surface area contributed by atoms with Crippen LogP contribution in [0.2, 0.25) is 0 Å². The van der Waals surface area contributed by atoms with E-state index in [0.29, 0.717) is 40.0 Å². The highest BCUT2D eigenvalue weighted by Crippen LogP contribution is 2.04. The van der Waals surface area contributed by atoms with Crippen LogP contribution in [0.25, 0.3) is 0 Å². The fraction of sp³-hybridized carbons (Fsp3) is 0.176. The van der Waals surface area contributed by atoms with Crippen LogP contribution in [0, 0.1) is 38.0 Å². The number of oxime groups is 2. The first-order valence-electron chi connectivity index (χ1n) is 13.4. The zero-order valence-electron chi connectivity index (χ0n) is 25.3. The summed E-state index contributed by atoms with van der Waals surface area (Å²) in [7, 11) is 0. The van der Waals surface area contributed by atoms with Crippen molar-refractivity contribution in [1.82, 2.24) is 19.9 Å². The molecule has 4 aromatic heterocycles. The molecule has 0 N–H and O–H groups in total. The summed E-state index contributed by atoms with van der Waals surface area (Å²) in [4.78, 5) is 47.2. The molecule has 0 aliphatic heterocycles. The predicted octanol–water partition coefficient (Wildman–Crippen LogP) is 5.81. The zero-order valence-corrected chi connectivity index (χ0v) is 26.9. The van der Waals surface area contributed by atoms with E-state index in [9.17, 15) is 9.59 Å². The summed E-state index contributed by atoms with van der Waals surface area (Å²) in [5, 5.41) is 7.81. The number of carbonyl (C=O) groups excluding carboxylic acids is 2. The summed E-state index contributed by atoms with van der Waals surface area (Å²) in [5.74, 6) is 7.94. The fourth-order valence-electron chi connectivity index (χ4n) is 3.11. The Bertz CT molecular complexity index is 1740. The van der Waals surface area contributed by atoms with Crippen LogP contribution in [0.5, 0.6) is 0 Å². The van der Waals surface area contributed by atoms with Gasteiger partial charge in [0.1, 0.15) is 33.1 Å². The van der Waals surface area contributed by atoms with Crippen LogP contribution in [0.1, 0.15) is 63.3 Å². The molecule has 4 rings (SSSR count). The molecule has 0 spiro atoms. The molecule has 0 atom stereocenters. The van der Waals surface area contributed by atoms with E-state index in [1.165, 1.54) is 0 Å². The van der Waals surface area contributed by atoms with Crippen LogP contribution in [-0.4, -0.2) is 57.1 Å². The maximum Gasteiger partial charge on any atom is 0.177 e. The molecule has 0 fully saturated rings. The number of hydrogen-bond donors (Lipinski definition) is 0. The molecule has 0 aliphatic carbocycles. The lowest BCUT2D eigenvalue weighted by Gasteiger charge is -2.00. The van der Waals surface area contributed by atoms with Crippen LogP contribution < -0.4 is 0 Å². The molecule has 4 heterocycles. The number of terminal acetylenes is 1. The number of aryl methyl sites for hydroxylation is 2. The maximum absolute atomic E-state index is 10.6. The first kappa shape index (κ1) is 35.7. The number of pyridine rings is 4. The van der Waals surface area contributed by atoms with E-state index in [2.05, 4.69) is 63.9 Å². The number of aldehydes is 2. The van der Waals surface area contributed by atoms with Gasteiger partial charge < -0.3 is 9.68 Å². The first-order chi connectivity index (χ1) is 21.7. The summed E-state index contributed by atoms with van der Waals surface area (Å²) in [6, 6.07) is 21.7. The molecule has 0 bridgehead atoms. The molecule has 45 heavy (non-hydrogen) atoms. The average molecular weight is 668 g/mol. The maximum atomic E-state index is 10.6. The Morgan fingerprint density at radius 1 is 0.756 bits per heavy atom. The third-order valence-corrected chi connectivity index (χ3v) is 5.61. The average Bonchev–Trinajstić information content (AvgIpc) is 3.05. The number of aromatic nitrogens is 4. The molecule has 0 unspecified atom stereocenters. The lowest BCUT2D eigenvalue weighted by molar-refractivity contribution is 0.111. The van der Waals surface area contributed by atoms with Crippen molar-refractivity contribution < 1.29 is 19.3 Å². The summed E-state index contributed by atoms with van der Waals surface area (Å²) < 4.78 is 0.687. The number of rotatable bonds is 8. The van der Waals surface area contributed by atoms with Gasteiger partial charge in [0, 0.05) is 11.4 Å². The van der Waals surface area contributed by atoms with Gasteiger partial charge in [0.05, 0.1) is 11.4 Å². The van der Waals surface area contributed by atoms with Gasteiger partial charge in [-0.25, -0.2) is 9.97 Å². The summed E-state index contributed by atoms with van der Waals surface area (Å²) in [6.45, 7) is 7.82. The second-order valence-corrected chi connectivity index (χ2v) is 9.62. The van der Waals surface area contributed by atoms with Crippen molar-refractivity contribution in [1.29, 1.82) is 0 Å². The highest BCUT2D eigenvalue weighted by atomic mass is 79.9. The monoisotopic (exact) mass is 666 g/mol. The Hall–Kier alpha value is -5.52. The van der Waals surface area contributed by atoms with Gasteiger partial charge in [-0.3, -0.25) is 19.6 Å². The molecule has 0 aliphatic rings. The molecule has 228 valence electrons. The van der Waals surface area contributed by atoms with Crippen molar-refractivity contribution >= 4 is 39.9 Å². The van der Waals surface area contributed by atoms with Gasteiger partial charge in [0.2, 0.25) is 0 Å². The Kier molecular flexibility index (Phi) is 16.2. The predicted molar refractivity (Wildman–Crippen MR) is 177 cm³/mol. The summed E-state index contributed by atoms with van der Waals surface area (Å²) >= 11 is 3.13. The number of hydrogen-bond acceptors (Lipinski definition) is 10. The van der Waals surface area contributed by atoms with Gasteiger partial charge in [-0.2, -0.15) is 0 Å². The Morgan fingerprint density at radius 3 is 1.76 bits per heavy atom. The van der Waals surface area contributed by atoms with Crippen LogP contribution in [0.4, 0.5) is 0 Å². The number of halogens is 1. The minimum Gasteiger partial charge on any atom is -0.382 e. The van der Waals surface area contributed by atoms with Gasteiger partial charge in [-0.15, -0.1) is 6.42 Å². The molecular weight excluding hydrogens is 636 g/mol. The molecule has 0 saturated heterocycles. The molecule has 0 aromatic carbocycles. The number of carbonyl (C=O) groups is 2. The third-order valence-electron chi connectivity index (χ3n) is 5.17. The lowest BCUT2D eigenvalue weighted by Crippen LogP contribution is -2.00. The highest BCUT2D eigenvalue weighted by molar-refractivity contribution is 9.10. The Labute approximate surface area is 271 Å². The molecule has 4 aromatic rings. The Balaban J connectivity index is 0.000000261. The van der Waals surface area contributed by atoms with Gasteiger partial charge >= 0.3 is 0 Å². The van der Waals surface area contributed by atoms with Crippen LogP contribution >= 0.6 is 15.9 Å². The van der Waals surface area contributed by atoms with Crippen molar-refractivity contribution in [2.24, 2.45) is 10.3 Å². The number of nitrogens with zero attached hydrogens (tertiary/aromatic N) is 6. The quantitative estimate of drug-likeness (QED) is 0.0575. The highest BCUT2D eigenvalue weighted by Gasteiger charge is 2.00. The van der Waals surface area contributed by atoms with Crippen LogP contribution in [-0.2, 0) is 9.68 Å². The minimum atomic E-state index is 0.135.